The predicted molar refractivity (Wildman–Crippen MR) is 64.6 cm³/mol. The predicted octanol–water partition coefficient (Wildman–Crippen LogP) is 0.701. The van der Waals surface area contributed by atoms with Gasteiger partial charge in [0.25, 0.3) is 0 Å². The molecule has 0 aliphatic carbocycles. The van der Waals surface area contributed by atoms with Crippen molar-refractivity contribution in [1.29, 1.82) is 0 Å². The quantitative estimate of drug-likeness (QED) is 0.724. The van der Waals surface area contributed by atoms with Crippen LogP contribution in [0.15, 0.2) is 40.0 Å². The maximum atomic E-state index is 6.16. The molecular weight excluding hydrogens is 218 g/mol. The van der Waals surface area contributed by atoms with E-state index in [1.165, 1.54) is 0 Å². The number of nitrogens with zero attached hydrogens (tertiary/aromatic N) is 2. The Morgan fingerprint density at radius 1 is 1.41 bits per heavy atom. The van der Waals surface area contributed by atoms with Crippen LogP contribution >= 0.6 is 0 Å². The molecule has 1 aromatic heterocycles. The number of nitrogens with one attached hydrogen (secondary N) is 2. The van der Waals surface area contributed by atoms with Crippen molar-refractivity contribution in [2.45, 2.75) is 6.04 Å². The number of rotatable bonds is 3. The number of fused-ring (bicyclic) bond motifs is 1. The fourth-order valence-electron chi connectivity index (χ4n) is 1.92. The molecule has 17 heavy (non-hydrogen) atoms. The molecule has 1 atom stereocenters. The van der Waals surface area contributed by atoms with Crippen LogP contribution in [0, 0.1) is 0 Å². The zero-order valence-electron chi connectivity index (χ0n) is 9.13. The summed E-state index contributed by atoms with van der Waals surface area (Å²) >= 11 is 0. The van der Waals surface area contributed by atoms with Gasteiger partial charge in [0.1, 0.15) is 11.9 Å². The molecule has 1 aliphatic rings. The van der Waals surface area contributed by atoms with Gasteiger partial charge >= 0.3 is 0 Å². The molecule has 2 aromatic rings. The molecule has 88 valence electrons. The highest BCUT2D eigenvalue weighted by Crippen LogP contribution is 2.24. The van der Waals surface area contributed by atoms with Gasteiger partial charge in [-0.05, 0) is 6.07 Å². The fourth-order valence-corrected chi connectivity index (χ4v) is 1.92. The highest BCUT2D eigenvalue weighted by atomic mass is 16.3. The Morgan fingerprint density at radius 3 is 3.18 bits per heavy atom. The van der Waals surface area contributed by atoms with Gasteiger partial charge in [-0.3, -0.25) is 5.43 Å². The minimum Gasteiger partial charge on any atom is -0.464 e. The van der Waals surface area contributed by atoms with Crippen molar-refractivity contribution in [3.8, 4) is 0 Å². The van der Waals surface area contributed by atoms with Crippen molar-refractivity contribution in [2.75, 3.05) is 6.54 Å². The van der Waals surface area contributed by atoms with Gasteiger partial charge in [0.15, 0.2) is 0 Å². The summed E-state index contributed by atoms with van der Waals surface area (Å²) in [6, 6.07) is 7.74. The summed E-state index contributed by atoms with van der Waals surface area (Å²) in [5.74, 6) is 0. The minimum absolute atomic E-state index is 0.161. The van der Waals surface area contributed by atoms with Gasteiger partial charge in [-0.25, -0.2) is 5.53 Å². The van der Waals surface area contributed by atoms with Gasteiger partial charge in [-0.1, -0.05) is 18.2 Å². The highest BCUT2D eigenvalue weighted by Gasteiger charge is 2.16. The van der Waals surface area contributed by atoms with Crippen molar-refractivity contribution < 1.29 is 4.42 Å². The van der Waals surface area contributed by atoms with Crippen molar-refractivity contribution in [3.05, 3.63) is 36.1 Å². The molecule has 0 saturated heterocycles. The monoisotopic (exact) mass is 231 g/mol. The molecule has 6 heteroatoms. The first-order valence-corrected chi connectivity index (χ1v) is 5.37. The SMILES string of the molecule is NC(CN1NC=NN1)c1cccc2ccoc12. The fraction of sp³-hybridized carbons (Fsp3) is 0.182. The number of hydrazone groups is 1. The lowest BCUT2D eigenvalue weighted by molar-refractivity contribution is 0.169. The molecule has 0 spiro atoms. The van der Waals surface area contributed by atoms with Gasteiger partial charge in [0, 0.05) is 17.0 Å². The molecule has 0 amide bonds. The van der Waals surface area contributed by atoms with E-state index < -0.39 is 0 Å². The third kappa shape index (κ3) is 1.83. The number of nitrogens with two attached hydrogens (primary N) is 1. The van der Waals surface area contributed by atoms with Crippen molar-refractivity contribution in [3.63, 3.8) is 0 Å². The van der Waals surface area contributed by atoms with E-state index in [0.29, 0.717) is 6.54 Å². The zero-order valence-corrected chi connectivity index (χ0v) is 9.13. The first-order valence-electron chi connectivity index (χ1n) is 5.37. The number of para-hydroxylation sites is 1. The first-order chi connectivity index (χ1) is 8.34. The number of hydrogen-bond donors (Lipinski definition) is 3. The largest absolute Gasteiger partial charge is 0.464 e. The van der Waals surface area contributed by atoms with E-state index in [1.807, 2.05) is 24.3 Å². The van der Waals surface area contributed by atoms with Gasteiger partial charge in [-0.2, -0.15) is 5.10 Å². The number of hydrazine groups is 2. The minimum atomic E-state index is -0.161. The second-order valence-electron chi connectivity index (χ2n) is 3.89. The lowest BCUT2D eigenvalue weighted by atomic mass is 10.1. The molecule has 0 fully saturated rings. The molecule has 3 rings (SSSR count). The Labute approximate surface area is 98.0 Å². The van der Waals surface area contributed by atoms with E-state index in [2.05, 4.69) is 16.1 Å². The molecule has 4 N–H and O–H groups in total. The number of furan rings is 1. The Bertz CT molecular complexity index is 542. The number of hydrogen-bond acceptors (Lipinski definition) is 6. The molecule has 6 nitrogen and oxygen atoms in total. The summed E-state index contributed by atoms with van der Waals surface area (Å²) in [5, 5.41) is 6.61. The lowest BCUT2D eigenvalue weighted by Gasteiger charge is -2.19. The molecule has 0 radical (unpaired) electrons. The van der Waals surface area contributed by atoms with Crippen LogP contribution in [0.1, 0.15) is 11.6 Å². The van der Waals surface area contributed by atoms with E-state index in [-0.39, 0.29) is 6.04 Å². The maximum Gasteiger partial charge on any atom is 0.138 e. The van der Waals surface area contributed by atoms with Crippen LogP contribution in [0.5, 0.6) is 0 Å². The Hall–Kier alpha value is -2.05. The van der Waals surface area contributed by atoms with E-state index in [1.54, 1.807) is 17.7 Å². The average molecular weight is 231 g/mol. The van der Waals surface area contributed by atoms with Crippen molar-refractivity contribution >= 4 is 17.3 Å². The highest BCUT2D eigenvalue weighted by molar-refractivity contribution is 5.80. The van der Waals surface area contributed by atoms with Crippen LogP contribution in [-0.2, 0) is 0 Å². The van der Waals surface area contributed by atoms with Gasteiger partial charge in [0.05, 0.1) is 12.8 Å². The smallest absolute Gasteiger partial charge is 0.138 e. The molecular formula is C11H13N5O. The normalized spacial score (nSPS) is 17.0. The van der Waals surface area contributed by atoms with E-state index >= 15 is 0 Å². The third-order valence-corrected chi connectivity index (χ3v) is 2.74. The summed E-state index contributed by atoms with van der Waals surface area (Å²) in [7, 11) is 0. The van der Waals surface area contributed by atoms with Crippen LogP contribution in [0.2, 0.25) is 0 Å². The molecule has 1 aromatic carbocycles. The summed E-state index contributed by atoms with van der Waals surface area (Å²) in [6.45, 7) is 0.583. The Kier molecular flexibility index (Phi) is 2.43. The lowest BCUT2D eigenvalue weighted by Crippen LogP contribution is -2.43. The Morgan fingerprint density at radius 2 is 2.35 bits per heavy atom. The van der Waals surface area contributed by atoms with Gasteiger partial charge < -0.3 is 10.2 Å². The van der Waals surface area contributed by atoms with Crippen LogP contribution in [0.4, 0.5) is 0 Å². The molecule has 0 bridgehead atoms. The van der Waals surface area contributed by atoms with Crippen molar-refractivity contribution in [2.24, 2.45) is 10.8 Å². The van der Waals surface area contributed by atoms with Crippen LogP contribution < -0.4 is 16.7 Å². The first kappa shape index (κ1) is 10.1. The van der Waals surface area contributed by atoms with Gasteiger partial charge in [0.2, 0.25) is 0 Å². The average Bonchev–Trinajstić information content (AvgIpc) is 2.97. The van der Waals surface area contributed by atoms with Crippen LogP contribution in [0.25, 0.3) is 11.0 Å². The summed E-state index contributed by atoms with van der Waals surface area (Å²) in [4.78, 5) is 0. The maximum absolute atomic E-state index is 6.16. The standard InChI is InChI=1S/C11H13N5O/c12-10(6-16-14-7-13-15-16)9-3-1-2-8-4-5-17-11(8)9/h1-5,7,10,15H,6,12H2,(H,13,14). The summed E-state index contributed by atoms with van der Waals surface area (Å²) in [5.41, 5.74) is 13.7. The second-order valence-corrected chi connectivity index (χ2v) is 3.89. The second kappa shape index (κ2) is 4.08. The van der Waals surface area contributed by atoms with E-state index in [9.17, 15) is 0 Å². The summed E-state index contributed by atoms with van der Waals surface area (Å²) in [6.07, 6.45) is 3.25. The molecule has 2 heterocycles. The molecule has 1 unspecified atom stereocenters. The van der Waals surface area contributed by atoms with E-state index in [0.717, 1.165) is 16.5 Å². The topological polar surface area (TPSA) is 78.8 Å². The van der Waals surface area contributed by atoms with Crippen LogP contribution in [0.3, 0.4) is 0 Å². The third-order valence-electron chi connectivity index (χ3n) is 2.74. The molecule has 0 saturated carbocycles. The Balaban J connectivity index is 1.84. The number of benzene rings is 1. The zero-order chi connectivity index (χ0) is 11.7. The van der Waals surface area contributed by atoms with Gasteiger partial charge in [-0.15, -0.1) is 5.12 Å². The van der Waals surface area contributed by atoms with E-state index in [4.69, 9.17) is 10.2 Å². The van der Waals surface area contributed by atoms with Crippen LogP contribution in [-0.4, -0.2) is 18.0 Å². The molecule has 1 aliphatic heterocycles. The van der Waals surface area contributed by atoms with Crippen molar-refractivity contribution in [1.82, 2.24) is 16.1 Å². The summed E-state index contributed by atoms with van der Waals surface area (Å²) < 4.78 is 5.46.